The molecule has 1 aromatic rings. The highest BCUT2D eigenvalue weighted by molar-refractivity contribution is 7.91. The summed E-state index contributed by atoms with van der Waals surface area (Å²) in [5.74, 6) is 1.11. The van der Waals surface area contributed by atoms with E-state index in [1.54, 1.807) is 7.11 Å². The van der Waals surface area contributed by atoms with Gasteiger partial charge in [-0.15, -0.1) is 0 Å². The lowest BCUT2D eigenvalue weighted by Gasteiger charge is -2.43. The summed E-state index contributed by atoms with van der Waals surface area (Å²) in [6.45, 7) is 4.82. The minimum atomic E-state index is -3.15. The Morgan fingerprint density at radius 2 is 1.96 bits per heavy atom. The van der Waals surface area contributed by atoms with Crippen molar-refractivity contribution in [1.82, 2.24) is 10.2 Å². The van der Waals surface area contributed by atoms with Gasteiger partial charge in [0, 0.05) is 12.3 Å². The van der Waals surface area contributed by atoms with E-state index in [1.165, 1.54) is 17.4 Å². The van der Waals surface area contributed by atoms with E-state index in [9.17, 15) is 8.42 Å². The number of aryl methyl sites for hydroxylation is 1. The molecule has 5 nitrogen and oxygen atoms in total. The standard InChI is InChI=1S/C21H34N2O3S/c1-4-13-23(21(27(3,24)25)17-9-11-22-12-10-17)19-7-5-16-6-8-20(26-2)15-18(16)14-19/h6,8,15,17,19,21-22H,4-5,7,9-14H2,1-3H3/t19-,21?/m1/s1. The van der Waals surface area contributed by atoms with Crippen LogP contribution in [0.3, 0.4) is 0 Å². The van der Waals surface area contributed by atoms with Gasteiger partial charge < -0.3 is 10.1 Å². The van der Waals surface area contributed by atoms with Gasteiger partial charge in [0.15, 0.2) is 9.84 Å². The van der Waals surface area contributed by atoms with E-state index < -0.39 is 9.84 Å². The minimum Gasteiger partial charge on any atom is -0.497 e. The second-order valence-electron chi connectivity index (χ2n) is 8.08. The van der Waals surface area contributed by atoms with Crippen LogP contribution in [0.25, 0.3) is 0 Å². The molecular formula is C21H34N2O3S. The summed E-state index contributed by atoms with van der Waals surface area (Å²) in [4.78, 5) is 2.33. The summed E-state index contributed by atoms with van der Waals surface area (Å²) in [5.41, 5.74) is 2.69. The molecule has 6 heteroatoms. The summed E-state index contributed by atoms with van der Waals surface area (Å²) < 4.78 is 31.1. The Labute approximate surface area is 164 Å². The number of benzene rings is 1. The third kappa shape index (κ3) is 4.84. The molecule has 1 unspecified atom stereocenters. The van der Waals surface area contributed by atoms with E-state index in [-0.39, 0.29) is 17.3 Å². The van der Waals surface area contributed by atoms with E-state index in [1.807, 2.05) is 6.07 Å². The summed E-state index contributed by atoms with van der Waals surface area (Å²) in [5, 5.41) is 3.01. The summed E-state index contributed by atoms with van der Waals surface area (Å²) >= 11 is 0. The number of ether oxygens (including phenoxy) is 1. The molecule has 0 amide bonds. The highest BCUT2D eigenvalue weighted by Gasteiger charge is 2.39. The van der Waals surface area contributed by atoms with Crippen LogP contribution in [-0.4, -0.2) is 57.7 Å². The number of nitrogens with one attached hydrogen (secondary N) is 1. The predicted molar refractivity (Wildman–Crippen MR) is 110 cm³/mol. The molecule has 1 N–H and O–H groups in total. The average Bonchev–Trinajstić information content (AvgIpc) is 2.66. The molecule has 1 heterocycles. The fraction of sp³-hybridized carbons (Fsp3) is 0.714. The lowest BCUT2D eigenvalue weighted by molar-refractivity contribution is 0.114. The minimum absolute atomic E-state index is 0.222. The average molecular weight is 395 g/mol. The second kappa shape index (κ2) is 8.93. The van der Waals surface area contributed by atoms with Crippen LogP contribution < -0.4 is 10.1 Å². The zero-order valence-corrected chi connectivity index (χ0v) is 17.7. The van der Waals surface area contributed by atoms with Crippen molar-refractivity contribution < 1.29 is 13.2 Å². The molecule has 0 spiro atoms. The first-order chi connectivity index (χ1) is 12.9. The van der Waals surface area contributed by atoms with Gasteiger partial charge in [-0.05, 0) is 87.3 Å². The van der Waals surface area contributed by atoms with E-state index >= 15 is 0 Å². The van der Waals surface area contributed by atoms with Crippen molar-refractivity contribution in [2.45, 2.75) is 56.9 Å². The zero-order chi connectivity index (χ0) is 19.4. The molecule has 3 rings (SSSR count). The Hall–Kier alpha value is -1.11. The molecular weight excluding hydrogens is 360 g/mol. The quantitative estimate of drug-likeness (QED) is 0.770. The van der Waals surface area contributed by atoms with Crippen LogP contribution in [0.15, 0.2) is 18.2 Å². The van der Waals surface area contributed by atoms with Crippen molar-refractivity contribution in [3.8, 4) is 5.75 Å². The number of sulfone groups is 1. The third-order valence-corrected chi connectivity index (χ3v) is 7.65. The maximum Gasteiger partial charge on any atom is 0.163 e. The molecule has 1 aromatic carbocycles. The molecule has 1 fully saturated rings. The van der Waals surface area contributed by atoms with Crippen molar-refractivity contribution in [3.05, 3.63) is 29.3 Å². The number of methoxy groups -OCH3 is 1. The van der Waals surface area contributed by atoms with Gasteiger partial charge in [-0.2, -0.15) is 0 Å². The largest absolute Gasteiger partial charge is 0.497 e. The van der Waals surface area contributed by atoms with Crippen LogP contribution in [-0.2, 0) is 22.7 Å². The Morgan fingerprint density at radius 3 is 2.59 bits per heavy atom. The molecule has 1 aliphatic heterocycles. The van der Waals surface area contributed by atoms with Gasteiger partial charge in [-0.25, -0.2) is 8.42 Å². The fourth-order valence-corrected chi connectivity index (χ4v) is 6.64. The van der Waals surface area contributed by atoms with Gasteiger partial charge in [0.1, 0.15) is 11.1 Å². The van der Waals surface area contributed by atoms with Crippen molar-refractivity contribution >= 4 is 9.84 Å². The summed E-state index contributed by atoms with van der Waals surface area (Å²) in [7, 11) is -1.46. The van der Waals surface area contributed by atoms with Crippen molar-refractivity contribution in [2.24, 2.45) is 5.92 Å². The lowest BCUT2D eigenvalue weighted by atomic mass is 9.86. The van der Waals surface area contributed by atoms with Crippen LogP contribution in [0.5, 0.6) is 5.75 Å². The molecule has 0 bridgehead atoms. The van der Waals surface area contributed by atoms with E-state index in [2.05, 4.69) is 29.3 Å². The van der Waals surface area contributed by atoms with Gasteiger partial charge in [-0.3, -0.25) is 4.90 Å². The molecule has 0 aromatic heterocycles. The molecule has 1 saturated heterocycles. The van der Waals surface area contributed by atoms with Crippen molar-refractivity contribution in [1.29, 1.82) is 0 Å². The maximum absolute atomic E-state index is 12.9. The van der Waals surface area contributed by atoms with E-state index in [4.69, 9.17) is 4.74 Å². The first kappa shape index (κ1) is 20.6. The Bertz CT molecular complexity index is 729. The summed E-state index contributed by atoms with van der Waals surface area (Å²) in [6, 6.07) is 6.59. The zero-order valence-electron chi connectivity index (χ0n) is 16.9. The molecule has 1 aliphatic carbocycles. The number of fused-ring (bicyclic) bond motifs is 1. The Kier molecular flexibility index (Phi) is 6.82. The number of piperidine rings is 1. The van der Waals surface area contributed by atoms with Gasteiger partial charge >= 0.3 is 0 Å². The summed E-state index contributed by atoms with van der Waals surface area (Å²) in [6.07, 6.45) is 7.22. The fourth-order valence-electron chi connectivity index (χ4n) is 4.90. The lowest BCUT2D eigenvalue weighted by Crippen LogP contribution is -2.54. The SMILES string of the molecule is CCCN(C(C1CCNCC1)S(C)(=O)=O)[C@@H]1CCc2ccc(OC)cc2C1. The molecule has 2 aliphatic rings. The van der Waals surface area contributed by atoms with Gasteiger partial charge in [-0.1, -0.05) is 13.0 Å². The number of nitrogens with zero attached hydrogens (tertiary/aromatic N) is 1. The molecule has 0 saturated carbocycles. The van der Waals surface area contributed by atoms with Crippen LogP contribution in [0.2, 0.25) is 0 Å². The molecule has 27 heavy (non-hydrogen) atoms. The topological polar surface area (TPSA) is 58.6 Å². The van der Waals surface area contributed by atoms with Gasteiger partial charge in [0.2, 0.25) is 0 Å². The molecule has 2 atom stereocenters. The molecule has 0 radical (unpaired) electrons. The smallest absolute Gasteiger partial charge is 0.163 e. The van der Waals surface area contributed by atoms with E-state index in [0.29, 0.717) is 0 Å². The first-order valence-corrected chi connectivity index (χ1v) is 12.2. The Morgan fingerprint density at radius 1 is 1.22 bits per heavy atom. The van der Waals surface area contributed by atoms with Crippen LogP contribution in [0.4, 0.5) is 0 Å². The second-order valence-corrected chi connectivity index (χ2v) is 10.2. The first-order valence-electron chi connectivity index (χ1n) is 10.2. The van der Waals surface area contributed by atoms with Crippen LogP contribution >= 0.6 is 0 Å². The third-order valence-electron chi connectivity index (χ3n) is 6.12. The van der Waals surface area contributed by atoms with Crippen LogP contribution in [0, 0.1) is 5.92 Å². The van der Waals surface area contributed by atoms with Crippen LogP contribution in [0.1, 0.15) is 43.7 Å². The number of hydrogen-bond donors (Lipinski definition) is 1. The monoisotopic (exact) mass is 394 g/mol. The highest BCUT2D eigenvalue weighted by Crippen LogP contribution is 2.33. The predicted octanol–water partition coefficient (Wildman–Crippen LogP) is 2.63. The van der Waals surface area contributed by atoms with Gasteiger partial charge in [0.05, 0.1) is 7.11 Å². The number of rotatable bonds is 7. The van der Waals surface area contributed by atoms with E-state index in [0.717, 1.165) is 63.9 Å². The maximum atomic E-state index is 12.9. The number of hydrogen-bond acceptors (Lipinski definition) is 5. The van der Waals surface area contributed by atoms with Crippen molar-refractivity contribution in [2.75, 3.05) is 33.0 Å². The normalized spacial score (nSPS) is 22.4. The van der Waals surface area contributed by atoms with Gasteiger partial charge in [0.25, 0.3) is 0 Å². The Balaban J connectivity index is 1.88. The molecule has 152 valence electrons. The highest BCUT2D eigenvalue weighted by atomic mass is 32.2. The van der Waals surface area contributed by atoms with Crippen molar-refractivity contribution in [3.63, 3.8) is 0 Å².